The van der Waals surface area contributed by atoms with Crippen molar-refractivity contribution in [2.75, 3.05) is 0 Å². The predicted octanol–water partition coefficient (Wildman–Crippen LogP) is 4.93. The van der Waals surface area contributed by atoms with Crippen molar-refractivity contribution in [3.63, 3.8) is 0 Å². The van der Waals surface area contributed by atoms with Crippen molar-refractivity contribution in [3.8, 4) is 0 Å². The Labute approximate surface area is 168 Å². The van der Waals surface area contributed by atoms with Gasteiger partial charge in [0.05, 0.1) is 28.3 Å². The second-order valence-corrected chi connectivity index (χ2v) is 7.24. The summed E-state index contributed by atoms with van der Waals surface area (Å²) in [7, 11) is 0. The van der Waals surface area contributed by atoms with E-state index in [1.165, 1.54) is 11.1 Å². The monoisotopic (exact) mass is 374 g/mol. The highest BCUT2D eigenvalue weighted by Crippen LogP contribution is 2.24. The van der Waals surface area contributed by atoms with E-state index in [1.807, 2.05) is 19.1 Å². The number of benzene rings is 1. The fraction of sp³-hybridized carbons (Fsp3) is 0.208. The quantitative estimate of drug-likeness (QED) is 0.447. The normalized spacial score (nSPS) is 14.5. The zero-order chi connectivity index (χ0) is 20.7. The Hall–Kier alpha value is -3.27. The summed E-state index contributed by atoms with van der Waals surface area (Å²) in [6.45, 7) is 20.5. The summed E-state index contributed by atoms with van der Waals surface area (Å²) >= 11 is 0. The van der Waals surface area contributed by atoms with Gasteiger partial charge in [0.2, 0.25) is 0 Å². The van der Waals surface area contributed by atoms with Gasteiger partial charge in [-0.15, -0.1) is 0 Å². The number of hydrogen-bond donors (Lipinski definition) is 3. The summed E-state index contributed by atoms with van der Waals surface area (Å²) in [6, 6.07) is 8.48. The molecule has 1 aromatic carbocycles. The van der Waals surface area contributed by atoms with Gasteiger partial charge in [-0.25, -0.2) is 0 Å². The Morgan fingerprint density at radius 3 is 2.61 bits per heavy atom. The highest BCUT2D eigenvalue weighted by Gasteiger charge is 2.22. The van der Waals surface area contributed by atoms with Crippen molar-refractivity contribution in [1.82, 2.24) is 16.0 Å². The summed E-state index contributed by atoms with van der Waals surface area (Å²) < 4.78 is 0. The van der Waals surface area contributed by atoms with Gasteiger partial charge in [0.25, 0.3) is 0 Å². The first-order valence-corrected chi connectivity index (χ1v) is 9.26. The topological polar surface area (TPSA) is 48.5 Å². The summed E-state index contributed by atoms with van der Waals surface area (Å²) in [5.74, 6) is 0. The van der Waals surface area contributed by atoms with E-state index in [4.69, 9.17) is 0 Å². The van der Waals surface area contributed by atoms with Crippen LogP contribution >= 0.6 is 0 Å². The van der Waals surface area contributed by atoms with E-state index in [0.29, 0.717) is 0 Å². The second-order valence-electron chi connectivity index (χ2n) is 7.24. The van der Waals surface area contributed by atoms with E-state index >= 15 is 0 Å². The lowest BCUT2D eigenvalue weighted by molar-refractivity contribution is 0.450. The molecule has 0 spiro atoms. The smallest absolute Gasteiger partial charge is 0.0617 e. The molecule has 2 rings (SSSR count). The summed E-state index contributed by atoms with van der Waals surface area (Å²) in [5, 5.41) is 10.0. The van der Waals surface area contributed by atoms with Gasteiger partial charge in [0.15, 0.2) is 0 Å². The van der Waals surface area contributed by atoms with E-state index in [9.17, 15) is 0 Å². The van der Waals surface area contributed by atoms with Gasteiger partial charge in [0, 0.05) is 18.1 Å². The molecule has 0 amide bonds. The molecule has 1 aliphatic heterocycles. The van der Waals surface area contributed by atoms with Crippen LogP contribution in [-0.4, -0.2) is 6.21 Å². The molecule has 0 saturated heterocycles. The number of nitrogens with one attached hydrogen (secondary N) is 3. The Kier molecular flexibility index (Phi) is 6.83. The molecule has 0 unspecified atom stereocenters. The average molecular weight is 375 g/mol. The van der Waals surface area contributed by atoms with E-state index in [-0.39, 0.29) is 5.54 Å². The largest absolute Gasteiger partial charge is 0.375 e. The molecule has 0 fully saturated rings. The first kappa shape index (κ1) is 21.0. The zero-order valence-electron chi connectivity index (χ0n) is 17.3. The van der Waals surface area contributed by atoms with Gasteiger partial charge in [-0.05, 0) is 51.5 Å². The second kappa shape index (κ2) is 9.09. The molecule has 0 aromatic heterocycles. The first-order valence-electron chi connectivity index (χ1n) is 9.26. The van der Waals surface area contributed by atoms with Gasteiger partial charge in [-0.1, -0.05) is 49.6 Å². The Morgan fingerprint density at radius 2 is 1.96 bits per heavy atom. The molecule has 1 aromatic rings. The van der Waals surface area contributed by atoms with Crippen LogP contribution in [0.3, 0.4) is 0 Å². The lowest BCUT2D eigenvalue weighted by Crippen LogP contribution is -2.38. The Morgan fingerprint density at radius 1 is 1.21 bits per heavy atom. The van der Waals surface area contributed by atoms with Crippen LogP contribution in [0.15, 0.2) is 102 Å². The van der Waals surface area contributed by atoms with E-state index in [1.54, 1.807) is 18.5 Å². The molecule has 1 heterocycles. The molecule has 4 nitrogen and oxygen atoms in total. The standard InChI is InChI=1S/C24H30N4/c1-8-25-15-14-18(3)26-22-12-13-23(27-19(22)4)20(5)28-24(6,7)21-11-9-10-17(2)16-21/h8-16,26-28H,3-5H2,1-2,6-7H3/b15-14-,25-8?. The maximum atomic E-state index is 4.20. The minimum Gasteiger partial charge on any atom is -0.375 e. The minimum atomic E-state index is -0.256. The van der Waals surface area contributed by atoms with Crippen molar-refractivity contribution in [1.29, 1.82) is 0 Å². The highest BCUT2D eigenvalue weighted by molar-refractivity contribution is 5.54. The van der Waals surface area contributed by atoms with E-state index < -0.39 is 0 Å². The molecular weight excluding hydrogens is 344 g/mol. The number of rotatable bonds is 8. The third-order valence-electron chi connectivity index (χ3n) is 4.36. The molecule has 28 heavy (non-hydrogen) atoms. The minimum absolute atomic E-state index is 0.256. The summed E-state index contributed by atoms with van der Waals surface area (Å²) in [5.41, 5.74) is 6.21. The SMILES string of the molecule is C=C(/C=C\N=CC)NC1=CC=C(C(=C)NC(C)(C)c2cccc(C)c2)NC1=C. The van der Waals surface area contributed by atoms with Crippen LogP contribution < -0.4 is 16.0 Å². The van der Waals surface area contributed by atoms with E-state index in [2.05, 4.69) is 85.7 Å². The molecule has 0 atom stereocenters. The molecular formula is C24H30N4. The number of aryl methyl sites for hydroxylation is 1. The van der Waals surface area contributed by atoms with Crippen LogP contribution in [0.5, 0.6) is 0 Å². The Bertz CT molecular complexity index is 895. The van der Waals surface area contributed by atoms with Gasteiger partial charge < -0.3 is 16.0 Å². The van der Waals surface area contributed by atoms with Crippen molar-refractivity contribution >= 4 is 6.21 Å². The third kappa shape index (κ3) is 5.61. The van der Waals surface area contributed by atoms with Crippen LogP contribution in [-0.2, 0) is 5.54 Å². The summed E-state index contributed by atoms with van der Waals surface area (Å²) in [6.07, 6.45) is 9.15. The van der Waals surface area contributed by atoms with Crippen LogP contribution in [0.2, 0.25) is 0 Å². The molecule has 4 heteroatoms. The third-order valence-corrected chi connectivity index (χ3v) is 4.36. The maximum Gasteiger partial charge on any atom is 0.0617 e. The molecule has 0 radical (unpaired) electrons. The average Bonchev–Trinajstić information content (AvgIpc) is 2.63. The summed E-state index contributed by atoms with van der Waals surface area (Å²) in [4.78, 5) is 4.03. The fourth-order valence-corrected chi connectivity index (χ4v) is 2.82. The lowest BCUT2D eigenvalue weighted by atomic mass is 9.92. The number of hydrogen-bond acceptors (Lipinski definition) is 4. The maximum absolute atomic E-state index is 4.20. The molecule has 0 saturated carbocycles. The van der Waals surface area contributed by atoms with Crippen molar-refractivity contribution in [2.45, 2.75) is 33.2 Å². The number of allylic oxidation sites excluding steroid dienone is 3. The fourth-order valence-electron chi connectivity index (χ4n) is 2.82. The van der Waals surface area contributed by atoms with Crippen LogP contribution in [0, 0.1) is 6.92 Å². The highest BCUT2D eigenvalue weighted by atomic mass is 15.1. The Balaban J connectivity index is 2.08. The number of aliphatic imine (C=N–C) groups is 1. The van der Waals surface area contributed by atoms with Gasteiger partial charge >= 0.3 is 0 Å². The van der Waals surface area contributed by atoms with Crippen LogP contribution in [0.1, 0.15) is 31.9 Å². The van der Waals surface area contributed by atoms with Crippen molar-refractivity contribution in [3.05, 3.63) is 108 Å². The zero-order valence-corrected chi connectivity index (χ0v) is 17.3. The van der Waals surface area contributed by atoms with Crippen LogP contribution in [0.4, 0.5) is 0 Å². The molecule has 0 bridgehead atoms. The van der Waals surface area contributed by atoms with Crippen molar-refractivity contribution in [2.24, 2.45) is 4.99 Å². The van der Waals surface area contributed by atoms with Gasteiger partial charge in [-0.2, -0.15) is 0 Å². The predicted molar refractivity (Wildman–Crippen MR) is 121 cm³/mol. The van der Waals surface area contributed by atoms with Crippen LogP contribution in [0.25, 0.3) is 0 Å². The lowest BCUT2D eigenvalue weighted by Gasteiger charge is -2.31. The molecule has 146 valence electrons. The van der Waals surface area contributed by atoms with E-state index in [0.717, 1.165) is 28.5 Å². The van der Waals surface area contributed by atoms with Crippen molar-refractivity contribution < 1.29 is 0 Å². The number of nitrogens with zero attached hydrogens (tertiary/aromatic N) is 1. The molecule has 3 N–H and O–H groups in total. The van der Waals surface area contributed by atoms with Gasteiger partial charge in [0.1, 0.15) is 0 Å². The molecule has 0 aliphatic carbocycles. The first-order chi connectivity index (χ1) is 13.2. The molecule has 1 aliphatic rings. The van der Waals surface area contributed by atoms with Gasteiger partial charge in [-0.3, -0.25) is 4.99 Å². The number of dihydropyridines is 1.